The van der Waals surface area contributed by atoms with Crippen LogP contribution in [-0.2, 0) is 4.79 Å². The van der Waals surface area contributed by atoms with Gasteiger partial charge in [-0.3, -0.25) is 19.3 Å². The molecule has 0 unspecified atom stereocenters. The third-order valence-electron chi connectivity index (χ3n) is 2.99. The first-order valence-electron chi connectivity index (χ1n) is 6.40. The van der Waals surface area contributed by atoms with Crippen LogP contribution in [0.5, 0.6) is 0 Å². The molecule has 0 radical (unpaired) electrons. The highest BCUT2D eigenvalue weighted by Gasteiger charge is 2.32. The lowest BCUT2D eigenvalue weighted by molar-refractivity contribution is -0.119. The molecule has 0 atom stereocenters. The second-order valence-electron chi connectivity index (χ2n) is 5.01. The van der Waals surface area contributed by atoms with E-state index in [0.717, 1.165) is 4.90 Å². The molecule has 1 aromatic rings. The standard InChI is InChI=1S/C14H17N3O3/c1-8(2)16-12(18)7-15-9-4-5-10-11(6-9)14(20)17(3)13(10)19/h4-6,8,15H,7H2,1-3H3,(H,16,18). The Morgan fingerprint density at radius 3 is 2.50 bits per heavy atom. The van der Waals surface area contributed by atoms with E-state index in [2.05, 4.69) is 10.6 Å². The van der Waals surface area contributed by atoms with Gasteiger partial charge >= 0.3 is 0 Å². The summed E-state index contributed by atoms with van der Waals surface area (Å²) in [7, 11) is 1.45. The van der Waals surface area contributed by atoms with E-state index in [4.69, 9.17) is 0 Å². The van der Waals surface area contributed by atoms with Gasteiger partial charge in [0.25, 0.3) is 11.8 Å². The van der Waals surface area contributed by atoms with Crippen molar-refractivity contribution in [2.45, 2.75) is 19.9 Å². The molecule has 0 bridgehead atoms. The van der Waals surface area contributed by atoms with E-state index in [1.54, 1.807) is 18.2 Å². The lowest BCUT2D eigenvalue weighted by Crippen LogP contribution is -2.34. The van der Waals surface area contributed by atoms with Gasteiger partial charge in [-0.15, -0.1) is 0 Å². The average molecular weight is 275 g/mol. The third kappa shape index (κ3) is 2.64. The highest BCUT2D eigenvalue weighted by Crippen LogP contribution is 2.24. The van der Waals surface area contributed by atoms with Gasteiger partial charge in [-0.2, -0.15) is 0 Å². The van der Waals surface area contributed by atoms with Crippen molar-refractivity contribution in [3.63, 3.8) is 0 Å². The molecule has 0 fully saturated rings. The first kappa shape index (κ1) is 14.0. The first-order chi connectivity index (χ1) is 9.40. The van der Waals surface area contributed by atoms with Gasteiger partial charge in [0.1, 0.15) is 0 Å². The first-order valence-corrected chi connectivity index (χ1v) is 6.40. The van der Waals surface area contributed by atoms with Crippen molar-refractivity contribution in [2.24, 2.45) is 0 Å². The van der Waals surface area contributed by atoms with Gasteiger partial charge in [0.15, 0.2) is 0 Å². The van der Waals surface area contributed by atoms with Crippen LogP contribution in [0, 0.1) is 0 Å². The maximum Gasteiger partial charge on any atom is 0.261 e. The molecular weight excluding hydrogens is 258 g/mol. The van der Waals surface area contributed by atoms with Crippen LogP contribution < -0.4 is 10.6 Å². The second kappa shape index (κ2) is 5.32. The van der Waals surface area contributed by atoms with Gasteiger partial charge < -0.3 is 10.6 Å². The SMILES string of the molecule is CC(C)NC(=O)CNc1ccc2c(c1)C(=O)N(C)C2=O. The quantitative estimate of drug-likeness (QED) is 0.798. The maximum atomic E-state index is 11.8. The minimum atomic E-state index is -0.319. The van der Waals surface area contributed by atoms with Gasteiger partial charge in [0, 0.05) is 18.8 Å². The van der Waals surface area contributed by atoms with Crippen LogP contribution in [0.2, 0.25) is 0 Å². The van der Waals surface area contributed by atoms with E-state index in [1.807, 2.05) is 13.8 Å². The van der Waals surface area contributed by atoms with Gasteiger partial charge in [-0.05, 0) is 32.0 Å². The predicted octanol–water partition coefficient (Wildman–Crippen LogP) is 0.849. The molecular formula is C14H17N3O3. The molecule has 2 rings (SSSR count). The van der Waals surface area contributed by atoms with Crippen molar-refractivity contribution in [3.05, 3.63) is 29.3 Å². The zero-order chi connectivity index (χ0) is 14.9. The molecule has 6 nitrogen and oxygen atoms in total. The topological polar surface area (TPSA) is 78.5 Å². The molecule has 0 aromatic heterocycles. The van der Waals surface area contributed by atoms with Crippen molar-refractivity contribution in [1.29, 1.82) is 0 Å². The van der Waals surface area contributed by atoms with Crippen LogP contribution >= 0.6 is 0 Å². The lowest BCUT2D eigenvalue weighted by Gasteiger charge is -2.10. The Morgan fingerprint density at radius 1 is 1.20 bits per heavy atom. The summed E-state index contributed by atoms with van der Waals surface area (Å²) in [6.45, 7) is 3.88. The Balaban J connectivity index is 2.08. The zero-order valence-corrected chi connectivity index (χ0v) is 11.7. The van der Waals surface area contributed by atoms with Crippen LogP contribution in [0.1, 0.15) is 34.6 Å². The highest BCUT2D eigenvalue weighted by atomic mass is 16.2. The number of benzene rings is 1. The largest absolute Gasteiger partial charge is 0.376 e. The van der Waals surface area contributed by atoms with Crippen molar-refractivity contribution in [3.8, 4) is 0 Å². The fourth-order valence-corrected chi connectivity index (χ4v) is 2.03. The van der Waals surface area contributed by atoms with Crippen molar-refractivity contribution in [1.82, 2.24) is 10.2 Å². The number of nitrogens with zero attached hydrogens (tertiary/aromatic N) is 1. The molecule has 1 aliphatic heterocycles. The van der Waals surface area contributed by atoms with Crippen molar-refractivity contribution < 1.29 is 14.4 Å². The zero-order valence-electron chi connectivity index (χ0n) is 11.7. The van der Waals surface area contributed by atoms with Crippen molar-refractivity contribution in [2.75, 3.05) is 18.9 Å². The minimum Gasteiger partial charge on any atom is -0.376 e. The van der Waals surface area contributed by atoms with Gasteiger partial charge in [-0.1, -0.05) is 0 Å². The number of rotatable bonds is 4. The molecule has 0 saturated heterocycles. The van der Waals surface area contributed by atoms with E-state index in [-0.39, 0.29) is 30.3 Å². The van der Waals surface area contributed by atoms with Crippen LogP contribution in [0.3, 0.4) is 0 Å². The molecule has 0 saturated carbocycles. The fourth-order valence-electron chi connectivity index (χ4n) is 2.03. The molecule has 1 aliphatic rings. The van der Waals surface area contributed by atoms with Crippen LogP contribution in [0.25, 0.3) is 0 Å². The molecule has 20 heavy (non-hydrogen) atoms. The highest BCUT2D eigenvalue weighted by molar-refractivity contribution is 6.21. The van der Waals surface area contributed by atoms with Gasteiger partial charge in [-0.25, -0.2) is 0 Å². The van der Waals surface area contributed by atoms with E-state index in [1.165, 1.54) is 7.05 Å². The lowest BCUT2D eigenvalue weighted by atomic mass is 10.1. The third-order valence-corrected chi connectivity index (χ3v) is 2.99. The summed E-state index contributed by atoms with van der Waals surface area (Å²) in [5, 5.41) is 5.69. The fraction of sp³-hybridized carbons (Fsp3) is 0.357. The summed E-state index contributed by atoms with van der Waals surface area (Å²) < 4.78 is 0. The van der Waals surface area contributed by atoms with E-state index >= 15 is 0 Å². The Bertz CT molecular complexity index is 581. The van der Waals surface area contributed by atoms with Crippen molar-refractivity contribution >= 4 is 23.4 Å². The van der Waals surface area contributed by atoms with Crippen LogP contribution in [0.4, 0.5) is 5.69 Å². The van der Waals surface area contributed by atoms with E-state index in [9.17, 15) is 14.4 Å². The van der Waals surface area contributed by atoms with Gasteiger partial charge in [0.05, 0.1) is 17.7 Å². The number of imide groups is 1. The number of hydrogen-bond donors (Lipinski definition) is 2. The van der Waals surface area contributed by atoms with Crippen LogP contribution in [0.15, 0.2) is 18.2 Å². The molecule has 1 aromatic carbocycles. The van der Waals surface area contributed by atoms with E-state index in [0.29, 0.717) is 16.8 Å². The maximum absolute atomic E-state index is 11.8. The predicted molar refractivity (Wildman–Crippen MR) is 74.6 cm³/mol. The molecule has 3 amide bonds. The Kier molecular flexibility index (Phi) is 3.74. The summed E-state index contributed by atoms with van der Waals surface area (Å²) in [6, 6.07) is 4.96. The smallest absolute Gasteiger partial charge is 0.261 e. The minimum absolute atomic E-state index is 0.0807. The summed E-state index contributed by atoms with van der Waals surface area (Å²) >= 11 is 0. The van der Waals surface area contributed by atoms with Gasteiger partial charge in [0.2, 0.25) is 5.91 Å². The van der Waals surface area contributed by atoms with Crippen LogP contribution in [-0.4, -0.2) is 42.3 Å². The van der Waals surface area contributed by atoms with E-state index < -0.39 is 0 Å². The second-order valence-corrected chi connectivity index (χ2v) is 5.01. The molecule has 0 spiro atoms. The summed E-state index contributed by atoms with van der Waals surface area (Å²) in [4.78, 5) is 36.2. The monoisotopic (exact) mass is 275 g/mol. The number of anilines is 1. The Morgan fingerprint density at radius 2 is 1.85 bits per heavy atom. The summed E-state index contributed by atoms with van der Waals surface area (Å²) in [5.74, 6) is -0.741. The Labute approximate surface area is 117 Å². The number of hydrogen-bond acceptors (Lipinski definition) is 4. The normalized spacial score (nSPS) is 13.7. The summed E-state index contributed by atoms with van der Waals surface area (Å²) in [5.41, 5.74) is 1.40. The summed E-state index contributed by atoms with van der Waals surface area (Å²) in [6.07, 6.45) is 0. The number of amides is 3. The molecule has 0 aliphatic carbocycles. The number of fused-ring (bicyclic) bond motifs is 1. The molecule has 6 heteroatoms. The number of carbonyl (C=O) groups is 3. The molecule has 106 valence electrons. The molecule has 2 N–H and O–H groups in total. The average Bonchev–Trinajstić information content (AvgIpc) is 2.61. The molecule has 1 heterocycles. The number of nitrogens with one attached hydrogen (secondary N) is 2. The number of carbonyl (C=O) groups excluding carboxylic acids is 3. The Hall–Kier alpha value is -2.37.